The van der Waals surface area contributed by atoms with E-state index in [2.05, 4.69) is 0 Å². The van der Waals surface area contributed by atoms with Crippen LogP contribution in [0.2, 0.25) is 0 Å². The number of aliphatic hydroxyl groups is 5. The molecule has 3 saturated heterocycles. The molecule has 3 heterocycles. The van der Waals surface area contributed by atoms with Gasteiger partial charge in [0.1, 0.15) is 23.9 Å². The maximum Gasteiger partial charge on any atom is 0.311 e. The van der Waals surface area contributed by atoms with Gasteiger partial charge in [0.15, 0.2) is 12.6 Å². The average Bonchev–Trinajstić information content (AvgIpc) is 3.05. The van der Waals surface area contributed by atoms with E-state index < -0.39 is 108 Å². The first-order chi connectivity index (χ1) is 23.4. The largest absolute Gasteiger partial charge is 0.459 e. The summed E-state index contributed by atoms with van der Waals surface area (Å²) in [5.74, 6) is -3.57. The molecule has 0 spiro atoms. The molecule has 0 saturated carbocycles. The van der Waals surface area contributed by atoms with Gasteiger partial charge in [0.25, 0.3) is 0 Å². The van der Waals surface area contributed by atoms with Gasteiger partial charge in [0.05, 0.1) is 47.6 Å². The molecule has 3 aliphatic heterocycles. The molecular weight excluding hydrogens is 664 g/mol. The normalized spacial score (nSPS) is 51.2. The summed E-state index contributed by atoms with van der Waals surface area (Å²) < 4.78 is 37.3. The second-order valence-electron chi connectivity index (χ2n) is 16.8. The van der Waals surface area contributed by atoms with Crippen LogP contribution < -0.4 is 5.73 Å². The predicted octanol–water partition coefficient (Wildman–Crippen LogP) is 1.54. The van der Waals surface area contributed by atoms with Crippen LogP contribution in [0.25, 0.3) is 0 Å². The van der Waals surface area contributed by atoms with Crippen LogP contribution in [0.5, 0.6) is 0 Å². The number of hydrogen-bond acceptors (Lipinski definition) is 14. The van der Waals surface area contributed by atoms with Crippen molar-refractivity contribution < 1.29 is 58.7 Å². The summed E-state index contributed by atoms with van der Waals surface area (Å²) in [5, 5.41) is 58.0. The molecule has 0 aromatic rings. The smallest absolute Gasteiger partial charge is 0.311 e. The highest BCUT2D eigenvalue weighted by molar-refractivity contribution is 5.73. The van der Waals surface area contributed by atoms with E-state index in [-0.39, 0.29) is 31.4 Å². The first-order valence-electron chi connectivity index (χ1n) is 18.7. The topological polar surface area (TPSA) is 203 Å². The Morgan fingerprint density at radius 3 is 2.08 bits per heavy atom. The summed E-state index contributed by atoms with van der Waals surface area (Å²) in [6, 6.07) is -0.983. The highest BCUT2D eigenvalue weighted by atomic mass is 16.7. The number of rotatable bonds is 7. The van der Waals surface area contributed by atoms with E-state index in [1.807, 2.05) is 32.8 Å². The summed E-state index contributed by atoms with van der Waals surface area (Å²) in [6.45, 7) is 17.2. The molecule has 0 aliphatic carbocycles. The maximum absolute atomic E-state index is 14.1. The minimum atomic E-state index is -1.85. The molecule has 2 unspecified atom stereocenters. The van der Waals surface area contributed by atoms with Gasteiger partial charge < -0.3 is 64.6 Å². The fourth-order valence-corrected chi connectivity index (χ4v) is 8.63. The van der Waals surface area contributed by atoms with E-state index in [1.165, 1.54) is 14.0 Å². The third-order valence-electron chi connectivity index (χ3n) is 12.2. The highest BCUT2D eigenvalue weighted by Crippen LogP contribution is 2.41. The zero-order valence-electron chi connectivity index (χ0n) is 33.2. The summed E-state index contributed by atoms with van der Waals surface area (Å²) >= 11 is 0. The second-order valence-corrected chi connectivity index (χ2v) is 16.8. The number of esters is 1. The molecule has 14 nitrogen and oxygen atoms in total. The molecule has 0 bridgehead atoms. The lowest BCUT2D eigenvalue weighted by Gasteiger charge is -2.49. The Labute approximate surface area is 305 Å². The van der Waals surface area contributed by atoms with Gasteiger partial charge in [-0.25, -0.2) is 0 Å². The number of methoxy groups -OCH3 is 1. The van der Waals surface area contributed by atoms with E-state index in [9.17, 15) is 30.3 Å². The van der Waals surface area contributed by atoms with Crippen LogP contribution in [0.3, 0.4) is 0 Å². The summed E-state index contributed by atoms with van der Waals surface area (Å²) in [4.78, 5) is 16.0. The lowest BCUT2D eigenvalue weighted by Crippen LogP contribution is -2.62. The van der Waals surface area contributed by atoms with Gasteiger partial charge in [-0.05, 0) is 80.8 Å². The summed E-state index contributed by atoms with van der Waals surface area (Å²) in [7, 11) is 5.24. The van der Waals surface area contributed by atoms with Crippen LogP contribution in [0, 0.1) is 23.7 Å². The van der Waals surface area contributed by atoms with Gasteiger partial charge in [-0.1, -0.05) is 27.7 Å². The SMILES string of the molecule is CC[C@H]1OC(=O)[C@H](C)[C@@H](O[C@H]2C[C@@](C)(OC)[C@@H](O)[C@H](C)O2)[C@H](C)[C@@H](OC2O[C@H](C)C[C@H](N(C)C)[C@H]2O)[C@](C)(O)C[C@@H](C)C(N)[C@H](C)[C@@H](O)[C@]1(C)O. The fraction of sp³-hybridized carbons (Fsp3) is 0.973. The van der Waals surface area contributed by atoms with Gasteiger partial charge in [-0.3, -0.25) is 4.79 Å². The van der Waals surface area contributed by atoms with Crippen LogP contribution >= 0.6 is 0 Å². The van der Waals surface area contributed by atoms with Crippen molar-refractivity contribution in [3.63, 3.8) is 0 Å². The Bertz CT molecular complexity index is 1130. The molecule has 0 radical (unpaired) electrons. The van der Waals surface area contributed by atoms with E-state index >= 15 is 0 Å². The zero-order chi connectivity index (χ0) is 39.0. The van der Waals surface area contributed by atoms with Crippen molar-refractivity contribution in [1.29, 1.82) is 0 Å². The minimum absolute atomic E-state index is 0.0888. The number of hydrogen-bond donors (Lipinski definition) is 6. The molecule has 7 N–H and O–H groups in total. The summed E-state index contributed by atoms with van der Waals surface area (Å²) in [6.07, 6.45) is -8.68. The minimum Gasteiger partial charge on any atom is -0.459 e. The number of likely N-dealkylation sites (N-methyl/N-ethyl adjacent to an activating group) is 1. The van der Waals surface area contributed by atoms with E-state index in [1.54, 1.807) is 48.5 Å². The van der Waals surface area contributed by atoms with E-state index in [0.29, 0.717) is 6.42 Å². The highest BCUT2D eigenvalue weighted by Gasteiger charge is 2.53. The number of carbonyl (C=O) groups is 1. The Hall–Kier alpha value is -1.01. The van der Waals surface area contributed by atoms with Gasteiger partial charge in [-0.15, -0.1) is 0 Å². The van der Waals surface area contributed by atoms with Crippen molar-refractivity contribution in [2.24, 2.45) is 29.4 Å². The van der Waals surface area contributed by atoms with Gasteiger partial charge in [-0.2, -0.15) is 0 Å². The number of ether oxygens (including phenoxy) is 6. The lowest BCUT2D eigenvalue weighted by molar-refractivity contribution is -0.318. The second kappa shape index (κ2) is 17.2. The van der Waals surface area contributed by atoms with Crippen molar-refractivity contribution in [1.82, 2.24) is 4.90 Å². The molecule has 300 valence electrons. The monoisotopic (exact) mass is 734 g/mol. The molecule has 3 aliphatic rings. The van der Waals surface area contributed by atoms with Gasteiger partial charge in [0, 0.05) is 37.5 Å². The van der Waals surface area contributed by atoms with Crippen molar-refractivity contribution in [2.45, 2.75) is 185 Å². The standard InChI is InChI=1S/C37H70N2O12/c1-14-25-37(10,45)30(41)20(4)27(38)18(2)16-35(8,44)32(51-34-28(40)24(39(11)12)15-19(3)47-34)21(5)29(22(6)33(43)49-25)50-26-17-36(9,46-13)31(42)23(7)48-26/h18-32,34,40-42,44-45H,14-17,38H2,1-13H3/t18-,19-,20+,21+,22-,23+,24+,25-,26+,27?,28-,29+,30-,31+,32-,34?,35-,36-,37-/m1/s1. The number of carbonyl (C=O) groups excluding carboxylic acids is 1. The predicted molar refractivity (Wildman–Crippen MR) is 189 cm³/mol. The Morgan fingerprint density at radius 2 is 1.53 bits per heavy atom. The van der Waals surface area contributed by atoms with Crippen molar-refractivity contribution >= 4 is 5.97 Å². The molecular formula is C37H70N2O12. The molecule has 0 amide bonds. The van der Waals surface area contributed by atoms with Gasteiger partial charge in [0.2, 0.25) is 0 Å². The quantitative estimate of drug-likeness (QED) is 0.206. The van der Waals surface area contributed by atoms with Crippen molar-refractivity contribution in [2.75, 3.05) is 21.2 Å². The first-order valence-corrected chi connectivity index (χ1v) is 18.7. The Balaban J connectivity index is 2.18. The third kappa shape index (κ3) is 9.63. The number of aliphatic hydroxyl groups excluding tert-OH is 3. The maximum atomic E-state index is 14.1. The van der Waals surface area contributed by atoms with Crippen LogP contribution in [0.1, 0.15) is 94.9 Å². The number of nitrogens with zero attached hydrogens (tertiary/aromatic N) is 1. The van der Waals surface area contributed by atoms with Crippen molar-refractivity contribution in [3.05, 3.63) is 0 Å². The average molecular weight is 735 g/mol. The first kappa shape index (κ1) is 44.4. The van der Waals surface area contributed by atoms with Crippen LogP contribution in [-0.4, -0.2) is 148 Å². The molecule has 0 aromatic heterocycles. The van der Waals surface area contributed by atoms with Crippen LogP contribution in [0.15, 0.2) is 0 Å². The van der Waals surface area contributed by atoms with Crippen LogP contribution in [0.4, 0.5) is 0 Å². The Kier molecular flexibility index (Phi) is 15.0. The molecule has 51 heavy (non-hydrogen) atoms. The van der Waals surface area contributed by atoms with Gasteiger partial charge >= 0.3 is 5.97 Å². The van der Waals surface area contributed by atoms with Crippen LogP contribution in [-0.2, 0) is 33.2 Å². The molecule has 14 heteroatoms. The lowest BCUT2D eigenvalue weighted by atomic mass is 9.72. The molecule has 19 atom stereocenters. The van der Waals surface area contributed by atoms with E-state index in [0.717, 1.165) is 0 Å². The Morgan fingerprint density at radius 1 is 0.922 bits per heavy atom. The fourth-order valence-electron chi connectivity index (χ4n) is 8.63. The third-order valence-corrected chi connectivity index (χ3v) is 12.2. The molecule has 3 fully saturated rings. The number of nitrogens with two attached hydrogens (primary N) is 1. The molecule has 3 rings (SSSR count). The summed E-state index contributed by atoms with van der Waals surface area (Å²) in [5.41, 5.74) is 2.20. The van der Waals surface area contributed by atoms with Crippen molar-refractivity contribution in [3.8, 4) is 0 Å². The number of cyclic esters (lactones) is 1. The zero-order valence-corrected chi connectivity index (χ0v) is 33.2. The molecule has 0 aromatic carbocycles. The van der Waals surface area contributed by atoms with E-state index in [4.69, 9.17) is 34.2 Å².